The molecule has 1 saturated heterocycles. The van der Waals surface area contributed by atoms with E-state index in [2.05, 4.69) is 21.9 Å². The third-order valence-electron chi connectivity index (χ3n) is 5.75. The van der Waals surface area contributed by atoms with E-state index in [1.807, 2.05) is 18.7 Å². The van der Waals surface area contributed by atoms with Gasteiger partial charge < -0.3 is 16.0 Å². The van der Waals surface area contributed by atoms with Crippen LogP contribution in [0.3, 0.4) is 0 Å². The molecule has 1 amide bonds. The highest BCUT2D eigenvalue weighted by Gasteiger charge is 2.31. The largest absolute Gasteiger partial charge is 0.417 e. The van der Waals surface area contributed by atoms with E-state index in [4.69, 9.17) is 22.3 Å². The van der Waals surface area contributed by atoms with Crippen LogP contribution in [0.1, 0.15) is 32.4 Å². The standard InChI is InChI=1S/C25H28ClF3N6O/c1-15(2)24(36)33-18-7-10-35(11-8-18)21-14-32-22(16(3)4-5-17(12-30)25(27,28)29)23(34-21)19-6-9-31-13-20(19)26/h4-6,9,12-15,18H,3,7-8,10-11,30H2,1-2H3,(H,33,36)/b5-4-,17-12+. The summed E-state index contributed by atoms with van der Waals surface area (Å²) in [7, 11) is 0. The van der Waals surface area contributed by atoms with Crippen molar-refractivity contribution in [3.63, 3.8) is 0 Å². The van der Waals surface area contributed by atoms with E-state index in [0.29, 0.717) is 41.4 Å². The van der Waals surface area contributed by atoms with E-state index in [1.54, 1.807) is 18.5 Å². The second-order valence-electron chi connectivity index (χ2n) is 8.68. The lowest BCUT2D eigenvalue weighted by Gasteiger charge is -2.33. The van der Waals surface area contributed by atoms with Crippen molar-refractivity contribution in [1.82, 2.24) is 20.3 Å². The van der Waals surface area contributed by atoms with Crippen LogP contribution in [-0.4, -0.2) is 46.2 Å². The summed E-state index contributed by atoms with van der Waals surface area (Å²) in [6.07, 6.45) is 3.97. The second kappa shape index (κ2) is 11.6. The molecular weight excluding hydrogens is 493 g/mol. The number of allylic oxidation sites excluding steroid dienone is 4. The Labute approximate surface area is 213 Å². The molecule has 1 aliphatic heterocycles. The van der Waals surface area contributed by atoms with Crippen LogP contribution in [0.5, 0.6) is 0 Å². The number of halogens is 4. The third-order valence-corrected chi connectivity index (χ3v) is 6.05. The number of rotatable bonds is 7. The second-order valence-corrected chi connectivity index (χ2v) is 9.09. The zero-order valence-corrected chi connectivity index (χ0v) is 20.8. The van der Waals surface area contributed by atoms with E-state index in [-0.39, 0.29) is 29.1 Å². The van der Waals surface area contributed by atoms with Crippen LogP contribution in [0.15, 0.2) is 55.2 Å². The first-order valence-electron chi connectivity index (χ1n) is 11.4. The van der Waals surface area contributed by atoms with E-state index < -0.39 is 11.7 Å². The average molecular weight is 521 g/mol. The Hall–Kier alpha value is -3.40. The van der Waals surface area contributed by atoms with Crippen LogP contribution in [0, 0.1) is 5.92 Å². The number of alkyl halides is 3. The van der Waals surface area contributed by atoms with Gasteiger partial charge in [-0.25, -0.2) is 4.98 Å². The van der Waals surface area contributed by atoms with Crippen molar-refractivity contribution in [1.29, 1.82) is 0 Å². The van der Waals surface area contributed by atoms with Gasteiger partial charge >= 0.3 is 6.18 Å². The summed E-state index contributed by atoms with van der Waals surface area (Å²) in [5.74, 6) is 0.533. The summed E-state index contributed by atoms with van der Waals surface area (Å²) in [4.78, 5) is 27.3. The number of amides is 1. The number of nitrogens with zero attached hydrogens (tertiary/aromatic N) is 4. The number of nitrogens with one attached hydrogen (secondary N) is 1. The summed E-state index contributed by atoms with van der Waals surface area (Å²) in [6.45, 7) is 8.89. The first-order valence-corrected chi connectivity index (χ1v) is 11.8. The number of carbonyl (C=O) groups is 1. The fourth-order valence-corrected chi connectivity index (χ4v) is 3.87. The highest BCUT2D eigenvalue weighted by atomic mass is 35.5. The third kappa shape index (κ3) is 6.63. The summed E-state index contributed by atoms with van der Waals surface area (Å²) >= 11 is 6.37. The molecule has 36 heavy (non-hydrogen) atoms. The Morgan fingerprint density at radius 1 is 1.28 bits per heavy atom. The Bertz CT molecular complexity index is 1170. The topological polar surface area (TPSA) is 97.0 Å². The van der Waals surface area contributed by atoms with Crippen molar-refractivity contribution in [2.45, 2.75) is 38.9 Å². The molecule has 11 heteroatoms. The first kappa shape index (κ1) is 27.2. The maximum absolute atomic E-state index is 13.1. The summed E-state index contributed by atoms with van der Waals surface area (Å²) in [5.41, 5.74) is 5.50. The minimum Gasteiger partial charge on any atom is -0.404 e. The number of hydrogen-bond acceptors (Lipinski definition) is 6. The number of carbonyl (C=O) groups excluding carboxylic acids is 1. The summed E-state index contributed by atoms with van der Waals surface area (Å²) in [6, 6.07) is 1.74. The Kier molecular flexibility index (Phi) is 8.73. The van der Waals surface area contributed by atoms with Crippen molar-refractivity contribution >= 4 is 28.9 Å². The molecule has 7 nitrogen and oxygen atoms in total. The van der Waals surface area contributed by atoms with E-state index in [9.17, 15) is 18.0 Å². The summed E-state index contributed by atoms with van der Waals surface area (Å²) < 4.78 is 39.2. The number of aromatic nitrogens is 3. The number of pyridine rings is 1. The van der Waals surface area contributed by atoms with Crippen molar-refractivity contribution in [2.24, 2.45) is 11.7 Å². The molecule has 1 fully saturated rings. The number of anilines is 1. The van der Waals surface area contributed by atoms with Gasteiger partial charge in [0.15, 0.2) is 0 Å². The monoisotopic (exact) mass is 520 g/mol. The van der Waals surface area contributed by atoms with Gasteiger partial charge in [0.1, 0.15) is 11.5 Å². The fourth-order valence-electron chi connectivity index (χ4n) is 3.66. The smallest absolute Gasteiger partial charge is 0.404 e. The summed E-state index contributed by atoms with van der Waals surface area (Å²) in [5, 5.41) is 3.37. The van der Waals surface area contributed by atoms with Gasteiger partial charge in [-0.3, -0.25) is 14.8 Å². The highest BCUT2D eigenvalue weighted by molar-refractivity contribution is 6.33. The molecule has 0 atom stereocenters. The molecule has 1 aliphatic rings. The fraction of sp³-hybridized carbons (Fsp3) is 0.360. The molecule has 192 valence electrons. The number of nitrogens with two attached hydrogens (primary N) is 1. The highest BCUT2D eigenvalue weighted by Crippen LogP contribution is 2.33. The van der Waals surface area contributed by atoms with Gasteiger partial charge in [0.2, 0.25) is 5.91 Å². The van der Waals surface area contributed by atoms with E-state index >= 15 is 0 Å². The molecule has 2 aromatic rings. The zero-order valence-electron chi connectivity index (χ0n) is 20.0. The Balaban J connectivity index is 1.89. The van der Waals surface area contributed by atoms with Gasteiger partial charge in [-0.15, -0.1) is 0 Å². The van der Waals surface area contributed by atoms with E-state index in [1.165, 1.54) is 12.3 Å². The molecule has 0 aliphatic carbocycles. The predicted octanol–water partition coefficient (Wildman–Crippen LogP) is 4.91. The van der Waals surface area contributed by atoms with Crippen molar-refractivity contribution in [3.8, 4) is 11.3 Å². The van der Waals surface area contributed by atoms with Crippen LogP contribution in [0.2, 0.25) is 5.02 Å². The number of piperidine rings is 1. The van der Waals surface area contributed by atoms with Gasteiger partial charge in [0, 0.05) is 49.2 Å². The zero-order chi connectivity index (χ0) is 26.5. The first-order chi connectivity index (χ1) is 17.0. The van der Waals surface area contributed by atoms with Gasteiger partial charge in [-0.2, -0.15) is 13.2 Å². The van der Waals surface area contributed by atoms with Crippen LogP contribution in [-0.2, 0) is 4.79 Å². The van der Waals surface area contributed by atoms with Crippen molar-refractivity contribution < 1.29 is 18.0 Å². The Morgan fingerprint density at radius 3 is 2.56 bits per heavy atom. The van der Waals surface area contributed by atoms with Crippen LogP contribution in [0.4, 0.5) is 19.0 Å². The maximum atomic E-state index is 13.1. The molecule has 0 bridgehead atoms. The lowest BCUT2D eigenvalue weighted by Crippen LogP contribution is -2.46. The minimum atomic E-state index is -4.60. The van der Waals surface area contributed by atoms with Gasteiger partial charge in [-0.1, -0.05) is 38.1 Å². The van der Waals surface area contributed by atoms with Crippen LogP contribution < -0.4 is 16.0 Å². The average Bonchev–Trinajstić information content (AvgIpc) is 2.84. The van der Waals surface area contributed by atoms with Gasteiger partial charge in [0.25, 0.3) is 0 Å². The lowest BCUT2D eigenvalue weighted by molar-refractivity contribution is -0.124. The van der Waals surface area contributed by atoms with Gasteiger partial charge in [-0.05, 0) is 30.6 Å². The molecule has 0 aromatic carbocycles. The molecule has 0 saturated carbocycles. The molecule has 0 radical (unpaired) electrons. The normalized spacial score (nSPS) is 15.5. The number of hydrogen-bond donors (Lipinski definition) is 2. The van der Waals surface area contributed by atoms with Crippen molar-refractivity contribution in [3.05, 3.63) is 65.9 Å². The molecule has 3 heterocycles. The minimum absolute atomic E-state index is 0.0249. The van der Waals surface area contributed by atoms with Crippen LogP contribution >= 0.6 is 11.6 Å². The Morgan fingerprint density at radius 2 is 1.97 bits per heavy atom. The van der Waals surface area contributed by atoms with Crippen LogP contribution in [0.25, 0.3) is 16.8 Å². The lowest BCUT2D eigenvalue weighted by atomic mass is 10.0. The molecule has 0 unspecified atom stereocenters. The molecule has 0 spiro atoms. The quantitative estimate of drug-likeness (QED) is 0.504. The van der Waals surface area contributed by atoms with E-state index in [0.717, 1.165) is 18.9 Å². The predicted molar refractivity (Wildman–Crippen MR) is 135 cm³/mol. The molecular formula is C25H28ClF3N6O. The van der Waals surface area contributed by atoms with Gasteiger partial charge in [0.05, 0.1) is 22.5 Å². The molecule has 3 rings (SSSR count). The van der Waals surface area contributed by atoms with Crippen molar-refractivity contribution in [2.75, 3.05) is 18.0 Å². The maximum Gasteiger partial charge on any atom is 0.417 e. The SMILES string of the molecule is C=C(/C=C\C(=C/N)C(F)(F)F)c1ncc(N2CCC(NC(=O)C(C)C)CC2)nc1-c1ccncc1Cl. The molecule has 3 N–H and O–H groups in total. The molecule has 2 aromatic heterocycles.